The Morgan fingerprint density at radius 2 is 1.91 bits per heavy atom. The number of benzene rings is 2. The minimum absolute atomic E-state index is 0.146. The third kappa shape index (κ3) is 5.15. The predicted molar refractivity (Wildman–Crippen MR) is 91.6 cm³/mol. The Hall–Kier alpha value is -1.72. The normalized spacial score (nSPS) is 10.8. The summed E-state index contributed by atoms with van der Waals surface area (Å²) in [6, 6.07) is 11.8. The molecule has 2 aromatic rings. The van der Waals surface area contributed by atoms with Gasteiger partial charge in [0.15, 0.2) is 0 Å². The topological polar surface area (TPSA) is 38.3 Å². The van der Waals surface area contributed by atoms with E-state index in [9.17, 15) is 9.18 Å². The molecular formula is C18H19BrFNO2. The molecule has 0 saturated carbocycles. The van der Waals surface area contributed by atoms with E-state index in [2.05, 4.69) is 21.2 Å². The fourth-order valence-corrected chi connectivity index (χ4v) is 2.60. The standard InChI is InChI=1S/C18H19BrFNO2/c1-12(2)23-11-14-6-4-3-5-13(14)10-21-18(22)16-8-7-15(20)9-17(16)19/h3-9,12H,10-11H2,1-2H3,(H,21,22). The zero-order valence-corrected chi connectivity index (χ0v) is 14.7. The third-order valence-corrected chi connectivity index (χ3v) is 3.96. The van der Waals surface area contributed by atoms with Crippen LogP contribution in [0.5, 0.6) is 0 Å². The maximum Gasteiger partial charge on any atom is 0.252 e. The van der Waals surface area contributed by atoms with Crippen LogP contribution in [0.2, 0.25) is 0 Å². The van der Waals surface area contributed by atoms with Gasteiger partial charge < -0.3 is 10.1 Å². The molecule has 1 amide bonds. The summed E-state index contributed by atoms with van der Waals surface area (Å²) < 4.78 is 19.2. The second kappa shape index (κ2) is 8.22. The number of rotatable bonds is 6. The van der Waals surface area contributed by atoms with Crippen LogP contribution in [0.3, 0.4) is 0 Å². The van der Waals surface area contributed by atoms with Gasteiger partial charge in [-0.25, -0.2) is 4.39 Å². The van der Waals surface area contributed by atoms with Gasteiger partial charge in [0.1, 0.15) is 5.82 Å². The molecule has 0 saturated heterocycles. The second-order valence-corrected chi connectivity index (χ2v) is 6.29. The van der Waals surface area contributed by atoms with Gasteiger partial charge in [0.25, 0.3) is 5.91 Å². The number of carbonyl (C=O) groups is 1. The third-order valence-electron chi connectivity index (χ3n) is 3.31. The maximum atomic E-state index is 13.1. The van der Waals surface area contributed by atoms with E-state index < -0.39 is 0 Å². The van der Waals surface area contributed by atoms with Gasteiger partial charge in [0.2, 0.25) is 0 Å². The number of carbonyl (C=O) groups excluding carboxylic acids is 1. The van der Waals surface area contributed by atoms with E-state index in [1.807, 2.05) is 38.1 Å². The van der Waals surface area contributed by atoms with Crippen LogP contribution in [0, 0.1) is 5.82 Å². The second-order valence-electron chi connectivity index (χ2n) is 5.44. The molecule has 1 N–H and O–H groups in total. The summed E-state index contributed by atoms with van der Waals surface area (Å²) in [6.45, 7) is 4.86. The number of amides is 1. The van der Waals surface area contributed by atoms with Crippen molar-refractivity contribution in [2.75, 3.05) is 0 Å². The Labute approximate surface area is 144 Å². The lowest BCUT2D eigenvalue weighted by Crippen LogP contribution is -2.24. The van der Waals surface area contributed by atoms with Crippen molar-refractivity contribution in [1.29, 1.82) is 0 Å². The summed E-state index contributed by atoms with van der Waals surface area (Å²) >= 11 is 3.21. The van der Waals surface area contributed by atoms with E-state index in [1.165, 1.54) is 18.2 Å². The van der Waals surface area contributed by atoms with E-state index in [4.69, 9.17) is 4.74 Å². The van der Waals surface area contributed by atoms with E-state index >= 15 is 0 Å². The van der Waals surface area contributed by atoms with Crippen LogP contribution >= 0.6 is 15.9 Å². The van der Waals surface area contributed by atoms with Crippen LogP contribution in [0.15, 0.2) is 46.9 Å². The van der Waals surface area contributed by atoms with Gasteiger partial charge in [-0.2, -0.15) is 0 Å². The van der Waals surface area contributed by atoms with Gasteiger partial charge in [0.05, 0.1) is 18.3 Å². The van der Waals surface area contributed by atoms with Gasteiger partial charge in [0, 0.05) is 11.0 Å². The molecule has 0 fully saturated rings. The number of ether oxygens (including phenoxy) is 1. The predicted octanol–water partition coefficient (Wildman–Crippen LogP) is 4.44. The fraction of sp³-hybridized carbons (Fsp3) is 0.278. The summed E-state index contributed by atoms with van der Waals surface area (Å²) in [5.41, 5.74) is 2.45. The zero-order valence-electron chi connectivity index (χ0n) is 13.1. The Balaban J connectivity index is 2.04. The van der Waals surface area contributed by atoms with E-state index in [0.29, 0.717) is 23.2 Å². The average molecular weight is 380 g/mol. The van der Waals surface area contributed by atoms with Gasteiger partial charge >= 0.3 is 0 Å². The molecule has 0 unspecified atom stereocenters. The van der Waals surface area contributed by atoms with Crippen LogP contribution in [0.25, 0.3) is 0 Å². The molecule has 0 aliphatic heterocycles. The molecule has 0 atom stereocenters. The Morgan fingerprint density at radius 1 is 1.22 bits per heavy atom. The van der Waals surface area contributed by atoms with Gasteiger partial charge in [-0.05, 0) is 59.1 Å². The Bertz CT molecular complexity index is 688. The first-order valence-electron chi connectivity index (χ1n) is 7.39. The molecule has 0 aliphatic rings. The molecule has 0 radical (unpaired) electrons. The lowest BCUT2D eigenvalue weighted by Gasteiger charge is -2.13. The summed E-state index contributed by atoms with van der Waals surface area (Å²) in [4.78, 5) is 12.2. The zero-order chi connectivity index (χ0) is 16.8. The molecule has 0 aromatic heterocycles. The van der Waals surface area contributed by atoms with Crippen LogP contribution in [-0.2, 0) is 17.9 Å². The fourth-order valence-electron chi connectivity index (χ4n) is 2.07. The van der Waals surface area contributed by atoms with Crippen molar-refractivity contribution in [2.45, 2.75) is 33.1 Å². The average Bonchev–Trinajstić information content (AvgIpc) is 2.51. The molecule has 2 aromatic carbocycles. The SMILES string of the molecule is CC(C)OCc1ccccc1CNC(=O)c1ccc(F)cc1Br. The van der Waals surface area contributed by atoms with Crippen molar-refractivity contribution in [3.63, 3.8) is 0 Å². The van der Waals surface area contributed by atoms with E-state index in [0.717, 1.165) is 11.1 Å². The van der Waals surface area contributed by atoms with Crippen molar-refractivity contribution in [3.05, 3.63) is 69.4 Å². The molecule has 5 heteroatoms. The Morgan fingerprint density at radius 3 is 2.57 bits per heavy atom. The highest BCUT2D eigenvalue weighted by Gasteiger charge is 2.11. The molecule has 0 bridgehead atoms. The lowest BCUT2D eigenvalue weighted by atomic mass is 10.1. The van der Waals surface area contributed by atoms with Gasteiger partial charge in [-0.1, -0.05) is 24.3 Å². The lowest BCUT2D eigenvalue weighted by molar-refractivity contribution is 0.0651. The molecule has 0 spiro atoms. The van der Waals surface area contributed by atoms with E-state index in [-0.39, 0.29) is 17.8 Å². The smallest absolute Gasteiger partial charge is 0.252 e. The number of halogens is 2. The number of nitrogens with one attached hydrogen (secondary N) is 1. The Kier molecular flexibility index (Phi) is 6.30. The largest absolute Gasteiger partial charge is 0.374 e. The molecule has 2 rings (SSSR count). The van der Waals surface area contributed by atoms with Crippen LogP contribution in [-0.4, -0.2) is 12.0 Å². The first-order chi connectivity index (χ1) is 11.0. The molecule has 23 heavy (non-hydrogen) atoms. The first-order valence-corrected chi connectivity index (χ1v) is 8.18. The van der Waals surface area contributed by atoms with E-state index in [1.54, 1.807) is 0 Å². The highest BCUT2D eigenvalue weighted by molar-refractivity contribution is 9.10. The van der Waals surface area contributed by atoms with Crippen molar-refractivity contribution in [1.82, 2.24) is 5.32 Å². The van der Waals surface area contributed by atoms with Crippen molar-refractivity contribution < 1.29 is 13.9 Å². The first kappa shape index (κ1) is 17.6. The molecule has 3 nitrogen and oxygen atoms in total. The summed E-state index contributed by atoms with van der Waals surface area (Å²) in [7, 11) is 0. The summed E-state index contributed by atoms with van der Waals surface area (Å²) in [5, 5.41) is 2.86. The molecule has 122 valence electrons. The number of hydrogen-bond acceptors (Lipinski definition) is 2. The van der Waals surface area contributed by atoms with Crippen molar-refractivity contribution in [3.8, 4) is 0 Å². The highest BCUT2D eigenvalue weighted by atomic mass is 79.9. The molecule has 0 heterocycles. The summed E-state index contributed by atoms with van der Waals surface area (Å²) in [5.74, 6) is -0.638. The van der Waals surface area contributed by atoms with Crippen LogP contribution < -0.4 is 5.32 Å². The minimum Gasteiger partial charge on any atom is -0.374 e. The monoisotopic (exact) mass is 379 g/mol. The molecular weight excluding hydrogens is 361 g/mol. The quantitative estimate of drug-likeness (QED) is 0.805. The minimum atomic E-state index is -0.385. The highest BCUT2D eigenvalue weighted by Crippen LogP contribution is 2.18. The van der Waals surface area contributed by atoms with Crippen LogP contribution in [0.4, 0.5) is 4.39 Å². The molecule has 0 aliphatic carbocycles. The number of hydrogen-bond donors (Lipinski definition) is 1. The summed E-state index contributed by atoms with van der Waals surface area (Å²) in [6.07, 6.45) is 0.146. The van der Waals surface area contributed by atoms with Gasteiger partial charge in [-0.15, -0.1) is 0 Å². The van der Waals surface area contributed by atoms with Gasteiger partial charge in [-0.3, -0.25) is 4.79 Å². The van der Waals surface area contributed by atoms with Crippen LogP contribution in [0.1, 0.15) is 35.3 Å². The maximum absolute atomic E-state index is 13.1. The van der Waals surface area contributed by atoms with Crippen molar-refractivity contribution >= 4 is 21.8 Å². The van der Waals surface area contributed by atoms with Crippen molar-refractivity contribution in [2.24, 2.45) is 0 Å².